The van der Waals surface area contributed by atoms with Gasteiger partial charge in [0.15, 0.2) is 0 Å². The van der Waals surface area contributed by atoms with Crippen molar-refractivity contribution in [2.45, 2.75) is 23.8 Å². The van der Waals surface area contributed by atoms with Crippen LogP contribution < -0.4 is 4.72 Å². The molecule has 1 aliphatic rings. The number of benzene rings is 1. The van der Waals surface area contributed by atoms with Crippen molar-refractivity contribution >= 4 is 21.8 Å². The molecule has 3 rings (SSSR count). The highest BCUT2D eigenvalue weighted by atomic mass is 32.2. The largest absolute Gasteiger partial charge is 0.334 e. The molecule has 1 atom stereocenters. The van der Waals surface area contributed by atoms with Crippen LogP contribution in [0.1, 0.15) is 12.8 Å². The third kappa shape index (κ3) is 3.05. The predicted molar refractivity (Wildman–Crippen MR) is 86.9 cm³/mol. The van der Waals surface area contributed by atoms with Gasteiger partial charge in [0.1, 0.15) is 6.04 Å². The lowest BCUT2D eigenvalue weighted by molar-refractivity contribution is -0.133. The van der Waals surface area contributed by atoms with E-state index >= 15 is 0 Å². The van der Waals surface area contributed by atoms with Crippen molar-refractivity contribution in [1.29, 1.82) is 0 Å². The normalized spacial score (nSPS) is 18.0. The average molecular weight is 347 g/mol. The first-order valence-corrected chi connectivity index (χ1v) is 8.92. The number of sulfonamides is 1. The van der Waals surface area contributed by atoms with E-state index < -0.39 is 22.0 Å². The van der Waals surface area contributed by atoms with Gasteiger partial charge in [0.05, 0.1) is 4.90 Å². The summed E-state index contributed by atoms with van der Waals surface area (Å²) >= 11 is 0. The lowest BCUT2D eigenvalue weighted by Gasteiger charge is -2.19. The smallest absolute Gasteiger partial charge is 0.264 e. The Morgan fingerprint density at radius 1 is 1.17 bits per heavy atom. The van der Waals surface area contributed by atoms with Crippen LogP contribution in [0.2, 0.25) is 0 Å². The Morgan fingerprint density at radius 2 is 1.79 bits per heavy atom. The molecule has 1 aliphatic heterocycles. The summed E-state index contributed by atoms with van der Waals surface area (Å²) in [5, 5.41) is 0. The third-order valence-electron chi connectivity index (χ3n) is 4.08. The molecule has 0 bridgehead atoms. The molecule has 0 saturated carbocycles. The predicted octanol–water partition coefficient (Wildman–Crippen LogP) is 0.903. The zero-order valence-electron chi connectivity index (χ0n) is 13.0. The van der Waals surface area contributed by atoms with Crippen LogP contribution in [0.15, 0.2) is 53.7 Å². The monoisotopic (exact) mass is 347 g/mol. The first kappa shape index (κ1) is 16.3. The van der Waals surface area contributed by atoms with Crippen LogP contribution in [0.5, 0.6) is 0 Å². The molecule has 0 spiro atoms. The van der Waals surface area contributed by atoms with Gasteiger partial charge in [-0.05, 0) is 42.8 Å². The van der Waals surface area contributed by atoms with E-state index in [1.54, 1.807) is 12.1 Å². The number of rotatable bonds is 4. The Balaban J connectivity index is 1.76. The molecule has 126 valence electrons. The molecule has 1 aromatic carbocycles. The van der Waals surface area contributed by atoms with Gasteiger partial charge in [-0.2, -0.15) is 0 Å². The third-order valence-corrected chi connectivity index (χ3v) is 5.44. The number of likely N-dealkylation sites (N-methyl/N-ethyl adjacent to an activating group) is 1. The van der Waals surface area contributed by atoms with Gasteiger partial charge in [-0.15, -0.1) is 0 Å². The van der Waals surface area contributed by atoms with E-state index in [1.807, 2.05) is 29.1 Å². The van der Waals surface area contributed by atoms with Gasteiger partial charge in [-0.3, -0.25) is 9.59 Å². The highest BCUT2D eigenvalue weighted by Gasteiger charge is 2.35. The summed E-state index contributed by atoms with van der Waals surface area (Å²) in [5.41, 5.74) is 0.811. The molecular weight excluding hydrogens is 330 g/mol. The highest BCUT2D eigenvalue weighted by Crippen LogP contribution is 2.18. The number of hydrogen-bond donors (Lipinski definition) is 1. The van der Waals surface area contributed by atoms with Gasteiger partial charge in [0, 0.05) is 31.5 Å². The van der Waals surface area contributed by atoms with Crippen LogP contribution in [0.25, 0.3) is 5.69 Å². The van der Waals surface area contributed by atoms with Crippen LogP contribution in [-0.4, -0.2) is 42.8 Å². The Bertz CT molecular complexity index is 857. The van der Waals surface area contributed by atoms with E-state index in [2.05, 4.69) is 4.72 Å². The number of carbonyl (C=O) groups excluding carboxylic acids is 2. The second kappa shape index (κ2) is 6.12. The van der Waals surface area contributed by atoms with Crippen molar-refractivity contribution in [3.05, 3.63) is 48.8 Å². The second-order valence-electron chi connectivity index (χ2n) is 5.61. The molecule has 0 aliphatic carbocycles. The van der Waals surface area contributed by atoms with Crippen LogP contribution in [0.4, 0.5) is 0 Å². The molecule has 1 saturated heterocycles. The number of hydrogen-bond acceptors (Lipinski definition) is 4. The van der Waals surface area contributed by atoms with E-state index in [9.17, 15) is 18.0 Å². The maximum absolute atomic E-state index is 12.3. The van der Waals surface area contributed by atoms with Gasteiger partial charge >= 0.3 is 0 Å². The Morgan fingerprint density at radius 3 is 2.33 bits per heavy atom. The van der Waals surface area contributed by atoms with Crippen LogP contribution in [0, 0.1) is 0 Å². The summed E-state index contributed by atoms with van der Waals surface area (Å²) in [7, 11) is -2.47. The number of likely N-dealkylation sites (tertiary alicyclic amines) is 1. The molecule has 8 heteroatoms. The fourth-order valence-corrected chi connectivity index (χ4v) is 3.69. The Labute approximate surface area is 139 Å². The highest BCUT2D eigenvalue weighted by molar-refractivity contribution is 7.90. The van der Waals surface area contributed by atoms with Crippen molar-refractivity contribution in [3.63, 3.8) is 0 Å². The van der Waals surface area contributed by atoms with E-state index in [4.69, 9.17) is 0 Å². The molecule has 2 aromatic rings. The van der Waals surface area contributed by atoms with Gasteiger partial charge in [0.25, 0.3) is 15.9 Å². The van der Waals surface area contributed by atoms with Gasteiger partial charge in [-0.25, -0.2) is 13.1 Å². The zero-order chi connectivity index (χ0) is 17.3. The summed E-state index contributed by atoms with van der Waals surface area (Å²) in [6.45, 7) is 0. The number of amides is 2. The minimum Gasteiger partial charge on any atom is -0.334 e. The molecule has 7 nitrogen and oxygen atoms in total. The summed E-state index contributed by atoms with van der Waals surface area (Å²) in [6.07, 6.45) is 4.26. The molecule has 2 amide bonds. The van der Waals surface area contributed by atoms with E-state index in [0.717, 1.165) is 5.69 Å². The van der Waals surface area contributed by atoms with Crippen molar-refractivity contribution in [1.82, 2.24) is 14.2 Å². The van der Waals surface area contributed by atoms with Crippen LogP contribution in [0.3, 0.4) is 0 Å². The fourth-order valence-electron chi connectivity index (χ4n) is 2.67. The van der Waals surface area contributed by atoms with Crippen molar-refractivity contribution in [2.75, 3.05) is 7.05 Å². The minimum atomic E-state index is -3.97. The summed E-state index contributed by atoms with van der Waals surface area (Å²) in [6, 6.07) is 9.18. The van der Waals surface area contributed by atoms with E-state index in [1.165, 1.54) is 24.1 Å². The maximum Gasteiger partial charge on any atom is 0.264 e. The second-order valence-corrected chi connectivity index (χ2v) is 7.30. The Hall–Kier alpha value is -2.61. The fraction of sp³-hybridized carbons (Fsp3) is 0.250. The molecular formula is C16H17N3O4S. The summed E-state index contributed by atoms with van der Waals surface area (Å²) in [4.78, 5) is 24.9. The summed E-state index contributed by atoms with van der Waals surface area (Å²) in [5.74, 6) is -0.846. The van der Waals surface area contributed by atoms with Crippen LogP contribution in [-0.2, 0) is 19.6 Å². The number of nitrogens with one attached hydrogen (secondary N) is 1. The standard InChI is InChI=1S/C16H17N3O4S/c1-18-14(8-9-15(18)20)16(21)17-24(22,23)13-6-4-12(5-7-13)19-10-2-3-11-19/h2-7,10-11,14H,8-9H2,1H3,(H,17,21)/t14-/m1/s1. The van der Waals surface area contributed by atoms with Gasteiger partial charge in [-0.1, -0.05) is 0 Å². The average Bonchev–Trinajstić information content (AvgIpc) is 3.18. The number of nitrogens with zero attached hydrogens (tertiary/aromatic N) is 2. The molecule has 1 fully saturated rings. The number of carbonyl (C=O) groups is 2. The first-order chi connectivity index (χ1) is 11.4. The van der Waals surface area contributed by atoms with Gasteiger partial charge in [0.2, 0.25) is 5.91 Å². The molecule has 24 heavy (non-hydrogen) atoms. The molecule has 2 heterocycles. The molecule has 0 radical (unpaired) electrons. The molecule has 1 aromatic heterocycles. The molecule has 0 unspecified atom stereocenters. The van der Waals surface area contributed by atoms with E-state index in [0.29, 0.717) is 6.42 Å². The summed E-state index contributed by atoms with van der Waals surface area (Å²) < 4.78 is 28.6. The van der Waals surface area contributed by atoms with Crippen LogP contribution >= 0.6 is 0 Å². The molecule has 1 N–H and O–H groups in total. The van der Waals surface area contributed by atoms with Crippen molar-refractivity contribution in [2.24, 2.45) is 0 Å². The quantitative estimate of drug-likeness (QED) is 0.890. The lowest BCUT2D eigenvalue weighted by Crippen LogP contribution is -2.44. The topological polar surface area (TPSA) is 88.5 Å². The Kier molecular flexibility index (Phi) is 4.15. The van der Waals surface area contributed by atoms with Crippen molar-refractivity contribution in [3.8, 4) is 5.69 Å². The maximum atomic E-state index is 12.3. The van der Waals surface area contributed by atoms with E-state index in [-0.39, 0.29) is 17.2 Å². The minimum absolute atomic E-state index is 0.00117. The zero-order valence-corrected chi connectivity index (χ0v) is 13.9. The SMILES string of the molecule is CN1C(=O)CC[C@@H]1C(=O)NS(=O)(=O)c1ccc(-n2cccc2)cc1. The lowest BCUT2D eigenvalue weighted by atomic mass is 10.2. The van der Waals surface area contributed by atoms with Crippen molar-refractivity contribution < 1.29 is 18.0 Å². The first-order valence-electron chi connectivity index (χ1n) is 7.44. The van der Waals surface area contributed by atoms with Gasteiger partial charge < -0.3 is 9.47 Å². The number of aromatic nitrogens is 1.